The van der Waals surface area contributed by atoms with E-state index in [-0.39, 0.29) is 5.82 Å². The van der Waals surface area contributed by atoms with Crippen molar-refractivity contribution in [1.82, 2.24) is 4.90 Å². The van der Waals surface area contributed by atoms with Crippen molar-refractivity contribution in [2.24, 2.45) is 15.7 Å². The van der Waals surface area contributed by atoms with E-state index in [2.05, 4.69) is 9.98 Å². The van der Waals surface area contributed by atoms with Gasteiger partial charge >= 0.3 is 0 Å². The molecule has 2 aliphatic heterocycles. The first kappa shape index (κ1) is 15.8. The lowest BCUT2D eigenvalue weighted by Gasteiger charge is -2.27. The van der Waals surface area contributed by atoms with Crippen LogP contribution >= 0.6 is 11.6 Å². The molecule has 0 atom stereocenters. The molecule has 0 saturated heterocycles. The number of amidine groups is 1. The van der Waals surface area contributed by atoms with Crippen LogP contribution in [0.3, 0.4) is 0 Å². The number of hydrogen-bond acceptors (Lipinski definition) is 4. The zero-order chi connectivity index (χ0) is 17.4. The van der Waals surface area contributed by atoms with E-state index in [1.54, 1.807) is 18.2 Å². The topological polar surface area (TPSA) is 54.0 Å². The Morgan fingerprint density at radius 2 is 1.88 bits per heavy atom. The van der Waals surface area contributed by atoms with E-state index in [0.29, 0.717) is 41.8 Å². The van der Waals surface area contributed by atoms with Crippen molar-refractivity contribution in [3.8, 4) is 0 Å². The highest BCUT2D eigenvalue weighted by molar-refractivity contribution is 6.30. The van der Waals surface area contributed by atoms with Gasteiger partial charge in [-0.1, -0.05) is 41.9 Å². The van der Waals surface area contributed by atoms with Gasteiger partial charge in [0, 0.05) is 29.1 Å². The zero-order valence-electron chi connectivity index (χ0n) is 13.4. The molecule has 2 aromatic carbocycles. The van der Waals surface area contributed by atoms with Gasteiger partial charge in [-0.15, -0.1) is 0 Å². The minimum absolute atomic E-state index is 0.277. The Hall–Kier alpha value is -2.66. The number of aliphatic imine (C=N–C) groups is 2. The Morgan fingerprint density at radius 1 is 1.12 bits per heavy atom. The highest BCUT2D eigenvalue weighted by atomic mass is 35.5. The van der Waals surface area contributed by atoms with Gasteiger partial charge in [0.1, 0.15) is 24.1 Å². The average molecular weight is 355 g/mol. The van der Waals surface area contributed by atoms with Crippen LogP contribution in [-0.4, -0.2) is 23.1 Å². The summed E-state index contributed by atoms with van der Waals surface area (Å²) in [6.07, 6.45) is 0.489. The molecular formula is C19H16ClFN4. The lowest BCUT2D eigenvalue weighted by atomic mass is 10.0. The molecule has 6 heteroatoms. The highest BCUT2D eigenvalue weighted by Crippen LogP contribution is 2.30. The molecule has 25 heavy (non-hydrogen) atoms. The van der Waals surface area contributed by atoms with Gasteiger partial charge in [-0.3, -0.25) is 0 Å². The van der Waals surface area contributed by atoms with E-state index in [0.717, 1.165) is 17.0 Å². The van der Waals surface area contributed by atoms with Crippen LogP contribution in [0.15, 0.2) is 69.9 Å². The third-order valence-corrected chi connectivity index (χ3v) is 4.60. The number of nitrogens with zero attached hydrogens (tertiary/aromatic N) is 3. The van der Waals surface area contributed by atoms with Gasteiger partial charge in [-0.25, -0.2) is 14.4 Å². The summed E-state index contributed by atoms with van der Waals surface area (Å²) in [6.45, 7) is 1.07. The normalized spacial score (nSPS) is 16.6. The second-order valence-electron chi connectivity index (χ2n) is 6.03. The lowest BCUT2D eigenvalue weighted by molar-refractivity contribution is 0.339. The average Bonchev–Trinajstić information content (AvgIpc) is 3.06. The molecule has 4 nitrogen and oxygen atoms in total. The Labute approximate surface area is 150 Å². The van der Waals surface area contributed by atoms with Crippen molar-refractivity contribution >= 4 is 23.1 Å². The molecular weight excluding hydrogens is 339 g/mol. The fourth-order valence-corrected chi connectivity index (χ4v) is 3.18. The highest BCUT2D eigenvalue weighted by Gasteiger charge is 2.29. The van der Waals surface area contributed by atoms with Crippen molar-refractivity contribution in [2.45, 2.75) is 13.0 Å². The van der Waals surface area contributed by atoms with Crippen molar-refractivity contribution in [2.75, 3.05) is 6.67 Å². The summed E-state index contributed by atoms with van der Waals surface area (Å²) in [5.74, 6) is 0.985. The largest absolute Gasteiger partial charge is 0.384 e. The van der Waals surface area contributed by atoms with Gasteiger partial charge in [0.15, 0.2) is 0 Å². The van der Waals surface area contributed by atoms with Gasteiger partial charge in [0.05, 0.1) is 5.71 Å². The molecule has 2 aliphatic rings. The molecule has 0 saturated carbocycles. The number of benzene rings is 2. The van der Waals surface area contributed by atoms with E-state index in [1.165, 1.54) is 6.07 Å². The molecule has 0 spiro atoms. The fraction of sp³-hybridized carbons (Fsp3) is 0.158. The van der Waals surface area contributed by atoms with Gasteiger partial charge in [0.2, 0.25) is 0 Å². The zero-order valence-corrected chi connectivity index (χ0v) is 14.2. The number of nitrogens with two attached hydrogens (primary N) is 1. The minimum Gasteiger partial charge on any atom is -0.384 e. The number of halogens is 2. The molecule has 0 bridgehead atoms. The monoisotopic (exact) mass is 354 g/mol. The van der Waals surface area contributed by atoms with Crippen molar-refractivity contribution in [3.05, 3.63) is 81.9 Å². The third-order valence-electron chi connectivity index (χ3n) is 4.35. The molecule has 2 N–H and O–H groups in total. The van der Waals surface area contributed by atoms with Crippen LogP contribution in [0.4, 0.5) is 4.39 Å². The Balaban J connectivity index is 1.64. The van der Waals surface area contributed by atoms with E-state index in [4.69, 9.17) is 17.3 Å². The maximum atomic E-state index is 14.1. The third kappa shape index (κ3) is 3.03. The first-order chi connectivity index (χ1) is 12.1. The quantitative estimate of drug-likeness (QED) is 0.913. The summed E-state index contributed by atoms with van der Waals surface area (Å²) in [5.41, 5.74) is 9.21. The van der Waals surface area contributed by atoms with Crippen LogP contribution in [0, 0.1) is 5.82 Å². The van der Waals surface area contributed by atoms with E-state index < -0.39 is 0 Å². The first-order valence-corrected chi connectivity index (χ1v) is 8.35. The van der Waals surface area contributed by atoms with Gasteiger partial charge in [0.25, 0.3) is 0 Å². The van der Waals surface area contributed by atoms with Crippen LogP contribution in [0.5, 0.6) is 0 Å². The van der Waals surface area contributed by atoms with E-state index >= 15 is 0 Å². The van der Waals surface area contributed by atoms with Crippen molar-refractivity contribution in [1.29, 1.82) is 0 Å². The fourth-order valence-electron chi connectivity index (χ4n) is 3.06. The minimum atomic E-state index is -0.277. The molecule has 126 valence electrons. The van der Waals surface area contributed by atoms with Crippen LogP contribution in [0.25, 0.3) is 0 Å². The van der Waals surface area contributed by atoms with Gasteiger partial charge < -0.3 is 10.6 Å². The van der Waals surface area contributed by atoms with Gasteiger partial charge in [-0.05, 0) is 23.8 Å². The maximum Gasteiger partial charge on any atom is 0.137 e. The molecule has 0 amide bonds. The molecule has 0 unspecified atom stereocenters. The van der Waals surface area contributed by atoms with E-state index in [1.807, 2.05) is 29.2 Å². The maximum absolute atomic E-state index is 14.1. The second kappa shape index (κ2) is 6.33. The molecule has 0 fully saturated rings. The molecule has 4 rings (SSSR count). The first-order valence-electron chi connectivity index (χ1n) is 7.97. The van der Waals surface area contributed by atoms with Crippen molar-refractivity contribution in [3.63, 3.8) is 0 Å². The predicted molar refractivity (Wildman–Crippen MR) is 98.1 cm³/mol. The second-order valence-corrected chi connectivity index (χ2v) is 6.46. The van der Waals surface area contributed by atoms with Gasteiger partial charge in [-0.2, -0.15) is 0 Å². The van der Waals surface area contributed by atoms with Crippen LogP contribution in [-0.2, 0) is 6.54 Å². The Morgan fingerprint density at radius 3 is 2.64 bits per heavy atom. The smallest absolute Gasteiger partial charge is 0.137 e. The summed E-state index contributed by atoms with van der Waals surface area (Å²) < 4.78 is 14.1. The molecule has 0 aliphatic carbocycles. The number of rotatable bonds is 3. The van der Waals surface area contributed by atoms with E-state index in [9.17, 15) is 4.39 Å². The summed E-state index contributed by atoms with van der Waals surface area (Å²) >= 11 is 5.95. The number of hydrogen-bond donors (Lipinski definition) is 1. The van der Waals surface area contributed by atoms with Crippen LogP contribution in [0.1, 0.15) is 17.5 Å². The molecule has 2 aromatic rings. The Kier molecular flexibility index (Phi) is 4.01. The predicted octanol–water partition coefficient (Wildman–Crippen LogP) is 3.71. The molecule has 2 heterocycles. The summed E-state index contributed by atoms with van der Waals surface area (Å²) in [4.78, 5) is 11.1. The Bertz CT molecular complexity index is 915. The van der Waals surface area contributed by atoms with Crippen molar-refractivity contribution < 1.29 is 4.39 Å². The summed E-state index contributed by atoms with van der Waals surface area (Å²) in [6, 6.07) is 14.3. The SMILES string of the molecule is NC1=NCN(Cc2ccc(Cl)cc2)C2=C1CC(c1ccccc1F)=N2. The summed E-state index contributed by atoms with van der Waals surface area (Å²) in [5, 5.41) is 0.699. The lowest BCUT2D eigenvalue weighted by Crippen LogP contribution is -2.31. The standard InChI is InChI=1S/C19H16ClFN4/c20-13-7-5-12(6-8-13)10-25-11-23-18(22)15-9-17(24-19(15)25)14-3-1-2-4-16(14)21/h1-8H,9-11H2,(H2,22,23). The molecule has 0 aromatic heterocycles. The molecule has 0 radical (unpaired) electrons. The van der Waals surface area contributed by atoms with Crippen LogP contribution in [0.2, 0.25) is 5.02 Å². The van der Waals surface area contributed by atoms with Crippen LogP contribution < -0.4 is 5.73 Å². The summed E-state index contributed by atoms with van der Waals surface area (Å²) in [7, 11) is 0.